The molecular formula is C23H27N3O2S2. The molecule has 7 heteroatoms. The maximum Gasteiger partial charge on any atom is 0.239 e. The molecule has 158 valence electrons. The number of ether oxygens (including phenoxy) is 1. The molecule has 2 heterocycles. The van der Waals surface area contributed by atoms with Crippen molar-refractivity contribution < 1.29 is 9.53 Å². The number of hydrogen-bond acceptors (Lipinski definition) is 6. The number of benzene rings is 2. The number of aryl methyl sites for hydroxylation is 2. The molecule has 1 saturated heterocycles. The zero-order valence-corrected chi connectivity index (χ0v) is 19.1. The molecule has 0 bridgehead atoms. The monoisotopic (exact) mass is 441 g/mol. The molecule has 0 radical (unpaired) electrons. The van der Waals surface area contributed by atoms with Crippen LogP contribution in [0.1, 0.15) is 11.1 Å². The number of hydrogen-bond donors (Lipinski definition) is 0. The Morgan fingerprint density at radius 2 is 1.87 bits per heavy atom. The summed E-state index contributed by atoms with van der Waals surface area (Å²) in [4.78, 5) is 23.3. The van der Waals surface area contributed by atoms with Crippen molar-refractivity contribution in [2.24, 2.45) is 0 Å². The van der Waals surface area contributed by atoms with Crippen LogP contribution in [0.2, 0.25) is 0 Å². The Balaban J connectivity index is 1.50. The summed E-state index contributed by atoms with van der Waals surface area (Å²) in [5, 5.41) is 0.790. The number of nitrogens with zero attached hydrogens (tertiary/aromatic N) is 3. The summed E-state index contributed by atoms with van der Waals surface area (Å²) >= 11 is 3.18. The summed E-state index contributed by atoms with van der Waals surface area (Å²) in [5.41, 5.74) is 3.39. The van der Waals surface area contributed by atoms with Crippen LogP contribution in [0.25, 0.3) is 10.2 Å². The summed E-state index contributed by atoms with van der Waals surface area (Å²) in [7, 11) is 0. The Hall–Kier alpha value is -1.93. The van der Waals surface area contributed by atoms with E-state index in [1.807, 2.05) is 11.0 Å². The highest BCUT2D eigenvalue weighted by molar-refractivity contribution is 8.00. The summed E-state index contributed by atoms with van der Waals surface area (Å²) in [6.45, 7) is 8.99. The molecule has 0 atom stereocenters. The van der Waals surface area contributed by atoms with Crippen LogP contribution in [0.3, 0.4) is 0 Å². The Labute approximate surface area is 186 Å². The van der Waals surface area contributed by atoms with Gasteiger partial charge in [0.25, 0.3) is 0 Å². The van der Waals surface area contributed by atoms with E-state index in [9.17, 15) is 4.79 Å². The van der Waals surface area contributed by atoms with Crippen LogP contribution in [0, 0.1) is 13.8 Å². The van der Waals surface area contributed by atoms with Gasteiger partial charge in [-0.1, -0.05) is 35.1 Å². The summed E-state index contributed by atoms with van der Waals surface area (Å²) in [5.74, 6) is 0.505. The zero-order chi connectivity index (χ0) is 20.9. The third-order valence-electron chi connectivity index (χ3n) is 5.19. The summed E-state index contributed by atoms with van der Waals surface area (Å²) in [6, 6.07) is 14.6. The fraction of sp³-hybridized carbons (Fsp3) is 0.391. The standard InChI is InChI=1S/C23H27N3O2S2/c1-17-3-6-19(7-4-17)29-16-22(27)26(10-9-25-11-13-28-14-12-25)23-24-20-8-5-18(2)15-21(20)30-23/h3-8,15H,9-14,16H2,1-2H3. The molecule has 30 heavy (non-hydrogen) atoms. The minimum absolute atomic E-state index is 0.101. The van der Waals surface area contributed by atoms with Gasteiger partial charge in [-0.05, 0) is 43.7 Å². The van der Waals surface area contributed by atoms with E-state index in [0.29, 0.717) is 12.3 Å². The maximum absolute atomic E-state index is 13.2. The Bertz CT molecular complexity index is 997. The van der Waals surface area contributed by atoms with Gasteiger partial charge in [0, 0.05) is 31.1 Å². The number of fused-ring (bicyclic) bond motifs is 1. The lowest BCUT2D eigenvalue weighted by atomic mass is 10.2. The maximum atomic E-state index is 13.2. The second-order valence-corrected chi connectivity index (χ2v) is 9.63. The highest BCUT2D eigenvalue weighted by atomic mass is 32.2. The third kappa shape index (κ3) is 5.40. The van der Waals surface area contributed by atoms with E-state index >= 15 is 0 Å². The van der Waals surface area contributed by atoms with Crippen molar-refractivity contribution in [3.05, 3.63) is 53.6 Å². The van der Waals surface area contributed by atoms with Gasteiger partial charge in [-0.2, -0.15) is 0 Å². The van der Waals surface area contributed by atoms with Gasteiger partial charge in [0.1, 0.15) is 0 Å². The molecule has 0 unspecified atom stereocenters. The van der Waals surface area contributed by atoms with E-state index in [0.717, 1.165) is 53.1 Å². The van der Waals surface area contributed by atoms with Crippen LogP contribution in [-0.2, 0) is 9.53 Å². The predicted molar refractivity (Wildman–Crippen MR) is 126 cm³/mol. The van der Waals surface area contributed by atoms with E-state index in [4.69, 9.17) is 9.72 Å². The van der Waals surface area contributed by atoms with Crippen molar-refractivity contribution in [2.45, 2.75) is 18.7 Å². The molecule has 0 saturated carbocycles. The topological polar surface area (TPSA) is 45.7 Å². The zero-order valence-electron chi connectivity index (χ0n) is 17.5. The van der Waals surface area contributed by atoms with Crippen LogP contribution >= 0.6 is 23.1 Å². The number of amides is 1. The number of aromatic nitrogens is 1. The highest BCUT2D eigenvalue weighted by Gasteiger charge is 2.21. The highest BCUT2D eigenvalue weighted by Crippen LogP contribution is 2.30. The molecule has 5 nitrogen and oxygen atoms in total. The van der Waals surface area contributed by atoms with Gasteiger partial charge in [-0.15, -0.1) is 11.8 Å². The van der Waals surface area contributed by atoms with Crippen LogP contribution < -0.4 is 4.90 Å². The van der Waals surface area contributed by atoms with Gasteiger partial charge in [-0.25, -0.2) is 4.98 Å². The number of rotatable bonds is 7. The number of anilines is 1. The van der Waals surface area contributed by atoms with Crippen molar-refractivity contribution in [1.29, 1.82) is 0 Å². The fourth-order valence-corrected chi connectivity index (χ4v) is 5.27. The van der Waals surface area contributed by atoms with Crippen LogP contribution in [0.4, 0.5) is 5.13 Å². The molecule has 1 amide bonds. The molecule has 1 aliphatic rings. The van der Waals surface area contributed by atoms with Crippen molar-refractivity contribution >= 4 is 44.4 Å². The predicted octanol–water partition coefficient (Wildman–Crippen LogP) is 4.37. The van der Waals surface area contributed by atoms with Crippen molar-refractivity contribution in [3.63, 3.8) is 0 Å². The van der Waals surface area contributed by atoms with Gasteiger partial charge in [0.05, 0.1) is 29.2 Å². The first-order valence-corrected chi connectivity index (χ1v) is 12.1. The number of thioether (sulfide) groups is 1. The SMILES string of the molecule is Cc1ccc(SCC(=O)N(CCN2CCOCC2)c2nc3ccc(C)cc3s2)cc1. The lowest BCUT2D eigenvalue weighted by molar-refractivity contribution is -0.116. The number of carbonyl (C=O) groups excluding carboxylic acids is 1. The first-order valence-electron chi connectivity index (χ1n) is 10.3. The van der Waals surface area contributed by atoms with Crippen LogP contribution in [0.15, 0.2) is 47.4 Å². The van der Waals surface area contributed by atoms with Crippen molar-refractivity contribution in [2.75, 3.05) is 50.0 Å². The van der Waals surface area contributed by atoms with E-state index < -0.39 is 0 Å². The van der Waals surface area contributed by atoms with Gasteiger partial charge >= 0.3 is 0 Å². The molecule has 4 rings (SSSR count). The van der Waals surface area contributed by atoms with Gasteiger partial charge in [0.2, 0.25) is 5.91 Å². The van der Waals surface area contributed by atoms with E-state index in [2.05, 4.69) is 55.1 Å². The van der Waals surface area contributed by atoms with Crippen LogP contribution in [0.5, 0.6) is 0 Å². The Kier molecular flexibility index (Phi) is 7.04. The molecule has 0 spiro atoms. The molecule has 3 aromatic rings. The molecule has 1 aliphatic heterocycles. The van der Waals surface area contributed by atoms with Crippen molar-refractivity contribution in [1.82, 2.24) is 9.88 Å². The molecule has 2 aromatic carbocycles. The average molecular weight is 442 g/mol. The van der Waals surface area contributed by atoms with Gasteiger partial charge in [0.15, 0.2) is 5.13 Å². The second-order valence-electron chi connectivity index (χ2n) is 7.57. The van der Waals surface area contributed by atoms with E-state index in [-0.39, 0.29) is 5.91 Å². The molecular weight excluding hydrogens is 414 g/mol. The second kappa shape index (κ2) is 9.92. The lowest BCUT2D eigenvalue weighted by Gasteiger charge is -2.29. The van der Waals surface area contributed by atoms with E-state index in [1.54, 1.807) is 23.1 Å². The lowest BCUT2D eigenvalue weighted by Crippen LogP contribution is -2.43. The van der Waals surface area contributed by atoms with Crippen LogP contribution in [-0.4, -0.2) is 60.9 Å². The Morgan fingerprint density at radius 3 is 2.63 bits per heavy atom. The quantitative estimate of drug-likeness (QED) is 0.510. The summed E-state index contributed by atoms with van der Waals surface area (Å²) in [6.07, 6.45) is 0. The average Bonchev–Trinajstić information content (AvgIpc) is 3.17. The molecule has 0 N–H and O–H groups in total. The first kappa shape index (κ1) is 21.3. The molecule has 1 fully saturated rings. The summed E-state index contributed by atoms with van der Waals surface area (Å²) < 4.78 is 6.58. The smallest absolute Gasteiger partial charge is 0.239 e. The van der Waals surface area contributed by atoms with E-state index in [1.165, 1.54) is 11.1 Å². The molecule has 0 aliphatic carbocycles. The Morgan fingerprint density at radius 1 is 1.13 bits per heavy atom. The number of thiazole rings is 1. The fourth-order valence-electron chi connectivity index (χ4n) is 3.39. The molecule has 1 aromatic heterocycles. The van der Waals surface area contributed by atoms with Gasteiger partial charge in [-0.3, -0.25) is 14.6 Å². The number of morpholine rings is 1. The minimum Gasteiger partial charge on any atom is -0.379 e. The normalized spacial score (nSPS) is 14.9. The third-order valence-corrected chi connectivity index (χ3v) is 7.23. The first-order chi connectivity index (χ1) is 14.6. The van der Waals surface area contributed by atoms with Crippen molar-refractivity contribution in [3.8, 4) is 0 Å². The minimum atomic E-state index is 0.101. The number of carbonyl (C=O) groups is 1. The van der Waals surface area contributed by atoms with Gasteiger partial charge < -0.3 is 4.74 Å². The largest absolute Gasteiger partial charge is 0.379 e.